The van der Waals surface area contributed by atoms with Crippen LogP contribution in [0.2, 0.25) is 0 Å². The van der Waals surface area contributed by atoms with Gasteiger partial charge in [-0.25, -0.2) is 0 Å². The highest BCUT2D eigenvalue weighted by atomic mass is 32.2. The molecule has 5 heteroatoms. The first-order valence-corrected chi connectivity index (χ1v) is 5.60. The quantitative estimate of drug-likeness (QED) is 0.360. The van der Waals surface area contributed by atoms with Gasteiger partial charge in [-0.3, -0.25) is 14.9 Å². The fraction of sp³-hybridized carbons (Fsp3) is 0.0909. The maximum absolute atomic E-state index is 12.0. The van der Waals surface area contributed by atoms with Crippen molar-refractivity contribution in [2.24, 2.45) is 10.1 Å². The van der Waals surface area contributed by atoms with Gasteiger partial charge in [0.2, 0.25) is 5.78 Å². The molecule has 0 aliphatic carbocycles. The first kappa shape index (κ1) is 10.9. The Bertz CT molecular complexity index is 559. The van der Waals surface area contributed by atoms with Gasteiger partial charge in [0.05, 0.1) is 5.56 Å². The number of rotatable bonds is 2. The van der Waals surface area contributed by atoms with Gasteiger partial charge in [-0.15, -0.1) is 0 Å². The molecular formula is C11H11N3OS. The van der Waals surface area contributed by atoms with E-state index in [9.17, 15) is 4.79 Å². The summed E-state index contributed by atoms with van der Waals surface area (Å²) in [5.74, 6) is -0.146. The van der Waals surface area contributed by atoms with Gasteiger partial charge in [0.25, 0.3) is 0 Å². The zero-order valence-electron chi connectivity index (χ0n) is 8.73. The Morgan fingerprint density at radius 1 is 1.44 bits per heavy atom. The molecule has 0 aliphatic heterocycles. The average molecular weight is 233 g/mol. The molecular weight excluding hydrogens is 222 g/mol. The van der Waals surface area contributed by atoms with E-state index in [2.05, 4.69) is 9.98 Å². The number of para-hydroxylation sites is 1. The van der Waals surface area contributed by atoms with E-state index >= 15 is 0 Å². The number of aliphatic imine (C=N–C) groups is 1. The number of aromatic nitrogens is 1. The van der Waals surface area contributed by atoms with E-state index in [4.69, 9.17) is 5.14 Å². The number of benzene rings is 1. The molecule has 82 valence electrons. The molecule has 2 aromatic rings. The van der Waals surface area contributed by atoms with Gasteiger partial charge in [-0.05, 0) is 18.0 Å². The number of nitrogens with one attached hydrogen (secondary N) is 1. The van der Waals surface area contributed by atoms with E-state index in [0.717, 1.165) is 22.9 Å². The number of fused-ring (bicyclic) bond motifs is 1. The predicted octanol–water partition coefficient (Wildman–Crippen LogP) is 1.99. The van der Waals surface area contributed by atoms with E-state index in [1.165, 1.54) is 0 Å². The van der Waals surface area contributed by atoms with Gasteiger partial charge in [0, 0.05) is 24.1 Å². The molecule has 16 heavy (non-hydrogen) atoms. The third kappa shape index (κ3) is 1.75. The van der Waals surface area contributed by atoms with Crippen molar-refractivity contribution in [3.8, 4) is 0 Å². The molecule has 1 aromatic heterocycles. The highest BCUT2D eigenvalue weighted by Crippen LogP contribution is 2.19. The molecule has 1 heterocycles. The lowest BCUT2D eigenvalue weighted by Crippen LogP contribution is -2.12. The topological polar surface area (TPSA) is 71.2 Å². The lowest BCUT2D eigenvalue weighted by molar-refractivity contribution is 0.107. The smallest absolute Gasteiger partial charge is 0.220 e. The van der Waals surface area contributed by atoms with E-state index < -0.39 is 0 Å². The molecule has 1 aromatic carbocycles. The molecule has 0 amide bonds. The van der Waals surface area contributed by atoms with Gasteiger partial charge in [-0.2, -0.15) is 0 Å². The van der Waals surface area contributed by atoms with E-state index in [1.54, 1.807) is 13.2 Å². The minimum Gasteiger partial charge on any atom is -0.360 e. The van der Waals surface area contributed by atoms with E-state index in [0.29, 0.717) is 10.6 Å². The number of nitrogens with two attached hydrogens (primary N) is 1. The normalized spacial score (nSPS) is 12.0. The van der Waals surface area contributed by atoms with Crippen LogP contribution in [0.25, 0.3) is 10.9 Å². The van der Waals surface area contributed by atoms with E-state index in [1.807, 2.05) is 24.3 Å². The molecule has 0 atom stereocenters. The van der Waals surface area contributed by atoms with Gasteiger partial charge in [0.15, 0.2) is 5.04 Å². The third-order valence-corrected chi connectivity index (χ3v) is 2.93. The molecule has 0 radical (unpaired) electrons. The largest absolute Gasteiger partial charge is 0.360 e. The van der Waals surface area contributed by atoms with Crippen molar-refractivity contribution < 1.29 is 4.79 Å². The van der Waals surface area contributed by atoms with Crippen LogP contribution in [-0.2, 0) is 0 Å². The van der Waals surface area contributed by atoms with Gasteiger partial charge in [0.1, 0.15) is 0 Å². The van der Waals surface area contributed by atoms with Crippen LogP contribution >= 0.6 is 11.9 Å². The lowest BCUT2D eigenvalue weighted by atomic mass is 10.1. The van der Waals surface area contributed by atoms with Crippen molar-refractivity contribution in [1.82, 2.24) is 4.98 Å². The minimum atomic E-state index is -0.146. The molecule has 0 saturated carbocycles. The van der Waals surface area contributed by atoms with Crippen LogP contribution in [-0.4, -0.2) is 22.9 Å². The van der Waals surface area contributed by atoms with Crippen molar-refractivity contribution in [1.29, 1.82) is 0 Å². The Morgan fingerprint density at radius 2 is 2.19 bits per heavy atom. The van der Waals surface area contributed by atoms with Crippen LogP contribution in [0.15, 0.2) is 35.5 Å². The first-order valence-electron chi connectivity index (χ1n) is 4.72. The summed E-state index contributed by atoms with van der Waals surface area (Å²) in [5, 5.41) is 6.59. The summed E-state index contributed by atoms with van der Waals surface area (Å²) in [6.07, 6.45) is 1.69. The first-order chi connectivity index (χ1) is 7.77. The van der Waals surface area contributed by atoms with Crippen LogP contribution in [0.1, 0.15) is 10.4 Å². The number of Topliss-reactive ketones (excluding diaryl/α,β-unsaturated/α-hetero) is 1. The standard InChI is InChI=1S/C11H11N3OS/c1-13-11(16-12)10(15)8-6-14-9-5-3-2-4-7(8)9/h2-6,14H,12H2,1H3. The fourth-order valence-electron chi connectivity index (χ4n) is 1.58. The summed E-state index contributed by atoms with van der Waals surface area (Å²) in [6.45, 7) is 0. The number of carbonyl (C=O) groups is 1. The number of hydrogen-bond donors (Lipinski definition) is 2. The molecule has 0 unspecified atom stereocenters. The summed E-state index contributed by atoms with van der Waals surface area (Å²) in [4.78, 5) is 18.9. The monoisotopic (exact) mass is 233 g/mol. The molecule has 0 aliphatic rings. The molecule has 4 nitrogen and oxygen atoms in total. The predicted molar refractivity (Wildman–Crippen MR) is 67.8 cm³/mol. The van der Waals surface area contributed by atoms with Crippen molar-refractivity contribution in [3.63, 3.8) is 0 Å². The second kappa shape index (κ2) is 4.51. The number of H-pyrrole nitrogens is 1. The summed E-state index contributed by atoms with van der Waals surface area (Å²) >= 11 is 0.871. The zero-order valence-corrected chi connectivity index (χ0v) is 9.54. The molecule has 2 rings (SSSR count). The number of nitrogens with zero attached hydrogens (tertiary/aromatic N) is 1. The van der Waals surface area contributed by atoms with Crippen molar-refractivity contribution in [3.05, 3.63) is 36.0 Å². The van der Waals surface area contributed by atoms with Crippen molar-refractivity contribution in [2.45, 2.75) is 0 Å². The average Bonchev–Trinajstić information content (AvgIpc) is 2.74. The van der Waals surface area contributed by atoms with Crippen LogP contribution in [0.4, 0.5) is 0 Å². The molecule has 0 saturated heterocycles. The van der Waals surface area contributed by atoms with Crippen LogP contribution in [0, 0.1) is 0 Å². The maximum atomic E-state index is 12.0. The molecule has 3 N–H and O–H groups in total. The Kier molecular flexibility index (Phi) is 3.07. The van der Waals surface area contributed by atoms with Crippen LogP contribution < -0.4 is 5.14 Å². The third-order valence-electron chi connectivity index (χ3n) is 2.34. The highest BCUT2D eigenvalue weighted by molar-refractivity contribution is 8.13. The van der Waals surface area contributed by atoms with Crippen molar-refractivity contribution >= 4 is 33.7 Å². The molecule has 0 fully saturated rings. The van der Waals surface area contributed by atoms with Crippen molar-refractivity contribution in [2.75, 3.05) is 7.05 Å². The zero-order chi connectivity index (χ0) is 11.5. The molecule has 0 bridgehead atoms. The highest BCUT2D eigenvalue weighted by Gasteiger charge is 2.16. The second-order valence-electron chi connectivity index (χ2n) is 3.22. The van der Waals surface area contributed by atoms with Gasteiger partial charge in [-0.1, -0.05) is 18.2 Å². The summed E-state index contributed by atoms with van der Waals surface area (Å²) in [7, 11) is 1.56. The fourth-order valence-corrected chi connectivity index (χ4v) is 1.90. The number of hydrogen-bond acceptors (Lipinski definition) is 4. The summed E-state index contributed by atoms with van der Waals surface area (Å²) in [5.41, 5.74) is 1.54. The van der Waals surface area contributed by atoms with Gasteiger partial charge < -0.3 is 4.98 Å². The number of carbonyl (C=O) groups excluding carboxylic acids is 1. The lowest BCUT2D eigenvalue weighted by Gasteiger charge is -1.99. The van der Waals surface area contributed by atoms with E-state index in [-0.39, 0.29) is 5.78 Å². The maximum Gasteiger partial charge on any atom is 0.220 e. The number of ketones is 1. The Hall–Kier alpha value is -1.59. The summed E-state index contributed by atoms with van der Waals surface area (Å²) < 4.78 is 0. The Labute approximate surface area is 97.1 Å². The SMILES string of the molecule is CN=C(SN)C(=O)c1c[nH]c2ccccc12. The Morgan fingerprint density at radius 3 is 2.88 bits per heavy atom. The second-order valence-corrected chi connectivity index (χ2v) is 3.85. The minimum absolute atomic E-state index is 0.146. The van der Waals surface area contributed by atoms with Crippen LogP contribution in [0.5, 0.6) is 0 Å². The Balaban J connectivity index is 2.52. The van der Waals surface area contributed by atoms with Gasteiger partial charge >= 0.3 is 0 Å². The summed E-state index contributed by atoms with van der Waals surface area (Å²) in [6, 6.07) is 7.63. The number of aromatic amines is 1. The molecule has 0 spiro atoms. The van der Waals surface area contributed by atoms with Crippen LogP contribution in [0.3, 0.4) is 0 Å².